The highest BCUT2D eigenvalue weighted by atomic mass is 35.5. The molecule has 23 heavy (non-hydrogen) atoms. The summed E-state index contributed by atoms with van der Waals surface area (Å²) < 4.78 is 1.83. The van der Waals surface area contributed by atoms with Gasteiger partial charge in [0.15, 0.2) is 0 Å². The Bertz CT molecular complexity index is 681. The summed E-state index contributed by atoms with van der Waals surface area (Å²) >= 11 is 12.1. The van der Waals surface area contributed by atoms with E-state index in [4.69, 9.17) is 23.2 Å². The number of hydrogen-bond donors (Lipinski definition) is 1. The largest absolute Gasteiger partial charge is 0.390 e. The second-order valence-electron chi connectivity index (χ2n) is 7.11. The second kappa shape index (κ2) is 6.08. The minimum atomic E-state index is -0.528. The third-order valence-corrected chi connectivity index (χ3v) is 5.73. The molecule has 0 amide bonds. The summed E-state index contributed by atoms with van der Waals surface area (Å²) in [5.41, 5.74) is 0.385. The van der Waals surface area contributed by atoms with Gasteiger partial charge in [-0.1, -0.05) is 43.1 Å². The molecule has 4 nitrogen and oxygen atoms in total. The fourth-order valence-electron chi connectivity index (χ4n) is 3.60. The van der Waals surface area contributed by atoms with E-state index in [-0.39, 0.29) is 11.0 Å². The number of hydrogen-bond acceptors (Lipinski definition) is 3. The van der Waals surface area contributed by atoms with Crippen LogP contribution >= 0.6 is 23.2 Å². The Labute approximate surface area is 146 Å². The maximum absolute atomic E-state index is 11.2. The molecule has 1 aliphatic carbocycles. The number of halogens is 2. The third-order valence-electron chi connectivity index (χ3n) is 4.99. The average molecular weight is 354 g/mol. The first-order valence-corrected chi connectivity index (χ1v) is 8.58. The first kappa shape index (κ1) is 16.7. The molecule has 6 heteroatoms. The van der Waals surface area contributed by atoms with Crippen LogP contribution in [0.4, 0.5) is 0 Å². The Morgan fingerprint density at radius 1 is 1.30 bits per heavy atom. The Hall–Kier alpha value is -1.10. The number of rotatable bonds is 5. The van der Waals surface area contributed by atoms with Gasteiger partial charge in [-0.15, -0.1) is 0 Å². The molecule has 3 rings (SSSR count). The highest BCUT2D eigenvalue weighted by molar-refractivity contribution is 6.42. The van der Waals surface area contributed by atoms with E-state index in [1.165, 1.54) is 6.33 Å². The molecule has 1 aromatic carbocycles. The van der Waals surface area contributed by atoms with E-state index < -0.39 is 6.10 Å². The molecule has 1 N–H and O–H groups in total. The zero-order valence-corrected chi connectivity index (χ0v) is 14.8. The van der Waals surface area contributed by atoms with Crippen LogP contribution in [0.15, 0.2) is 30.9 Å². The molecule has 2 aromatic rings. The van der Waals surface area contributed by atoms with Gasteiger partial charge < -0.3 is 5.11 Å². The van der Waals surface area contributed by atoms with E-state index in [1.807, 2.05) is 16.8 Å². The minimum Gasteiger partial charge on any atom is -0.390 e. The van der Waals surface area contributed by atoms with Gasteiger partial charge in [-0.05, 0) is 48.8 Å². The maximum atomic E-state index is 11.2. The van der Waals surface area contributed by atoms with Gasteiger partial charge >= 0.3 is 0 Å². The van der Waals surface area contributed by atoms with Crippen molar-refractivity contribution < 1.29 is 5.11 Å². The number of aromatic nitrogens is 3. The van der Waals surface area contributed by atoms with Gasteiger partial charge in [-0.3, -0.25) is 0 Å². The van der Waals surface area contributed by atoms with Crippen LogP contribution in [0.1, 0.15) is 38.7 Å². The summed E-state index contributed by atoms with van der Waals surface area (Å²) in [7, 11) is 0. The van der Waals surface area contributed by atoms with Crippen molar-refractivity contribution in [2.24, 2.45) is 5.41 Å². The number of benzene rings is 1. The maximum Gasteiger partial charge on any atom is 0.137 e. The Balaban J connectivity index is 1.84. The monoisotopic (exact) mass is 353 g/mol. The highest BCUT2D eigenvalue weighted by Gasteiger charge is 2.51. The SMILES string of the molecule is CC(C)(Cc1ccc(Cl)c(Cl)c1)C(O)C1(n2cncn2)CCC1. The van der Waals surface area contributed by atoms with E-state index >= 15 is 0 Å². The molecule has 1 fully saturated rings. The first-order valence-electron chi connectivity index (χ1n) is 7.82. The molecule has 1 unspecified atom stereocenters. The topological polar surface area (TPSA) is 50.9 Å². The predicted molar refractivity (Wildman–Crippen MR) is 91.8 cm³/mol. The summed E-state index contributed by atoms with van der Waals surface area (Å²) in [6.07, 6.45) is 6.35. The molecule has 124 valence electrons. The van der Waals surface area contributed by atoms with Crippen LogP contribution in [0.5, 0.6) is 0 Å². The van der Waals surface area contributed by atoms with Gasteiger partial charge in [0, 0.05) is 0 Å². The fraction of sp³-hybridized carbons (Fsp3) is 0.529. The zero-order chi connectivity index (χ0) is 16.7. The van der Waals surface area contributed by atoms with Crippen molar-refractivity contribution in [3.63, 3.8) is 0 Å². The predicted octanol–water partition coefficient (Wildman–Crippen LogP) is 4.09. The molecule has 0 saturated heterocycles. The lowest BCUT2D eigenvalue weighted by atomic mass is 9.63. The molecule has 1 saturated carbocycles. The van der Waals surface area contributed by atoms with Crippen LogP contribution in [0.3, 0.4) is 0 Å². The summed E-state index contributed by atoms with van der Waals surface area (Å²) in [4.78, 5) is 4.05. The van der Waals surface area contributed by atoms with Crippen molar-refractivity contribution in [3.8, 4) is 0 Å². The van der Waals surface area contributed by atoms with Crippen molar-refractivity contribution in [1.29, 1.82) is 0 Å². The van der Waals surface area contributed by atoms with E-state index in [1.54, 1.807) is 12.4 Å². The standard InChI is InChI=1S/C17H21Cl2N3O/c1-16(2,9-12-4-5-13(18)14(19)8-12)15(23)17(6-3-7-17)22-11-20-10-21-22/h4-5,8,10-11,15,23H,3,6-7,9H2,1-2H3. The smallest absolute Gasteiger partial charge is 0.137 e. The quantitative estimate of drug-likeness (QED) is 0.880. The summed E-state index contributed by atoms with van der Waals surface area (Å²) in [6.45, 7) is 4.16. The van der Waals surface area contributed by atoms with Gasteiger partial charge in [-0.25, -0.2) is 9.67 Å². The van der Waals surface area contributed by atoms with E-state index in [0.717, 1.165) is 24.8 Å². The lowest BCUT2D eigenvalue weighted by molar-refractivity contribution is -0.0950. The van der Waals surface area contributed by atoms with Crippen LogP contribution in [-0.2, 0) is 12.0 Å². The van der Waals surface area contributed by atoms with Crippen molar-refractivity contribution >= 4 is 23.2 Å². The van der Waals surface area contributed by atoms with Crippen molar-refractivity contribution in [2.45, 2.75) is 51.2 Å². The number of aliphatic hydroxyl groups excluding tert-OH is 1. The molecule has 1 aromatic heterocycles. The van der Waals surface area contributed by atoms with Crippen LogP contribution in [0, 0.1) is 5.41 Å². The molecule has 0 bridgehead atoms. The summed E-state index contributed by atoms with van der Waals surface area (Å²) in [6, 6.07) is 5.64. The van der Waals surface area contributed by atoms with E-state index in [9.17, 15) is 5.11 Å². The van der Waals surface area contributed by atoms with Crippen LogP contribution in [-0.4, -0.2) is 26.0 Å². The normalized spacial score (nSPS) is 18.5. The van der Waals surface area contributed by atoms with Crippen molar-refractivity contribution in [3.05, 3.63) is 46.5 Å². The lowest BCUT2D eigenvalue weighted by Gasteiger charge is -2.50. The first-order chi connectivity index (χ1) is 10.8. The van der Waals surface area contributed by atoms with E-state index in [2.05, 4.69) is 23.9 Å². The van der Waals surface area contributed by atoms with E-state index in [0.29, 0.717) is 16.5 Å². The van der Waals surface area contributed by atoms with Gasteiger partial charge in [0.2, 0.25) is 0 Å². The number of aliphatic hydroxyl groups is 1. The van der Waals surface area contributed by atoms with Crippen LogP contribution < -0.4 is 0 Å². The second-order valence-corrected chi connectivity index (χ2v) is 7.93. The Morgan fingerprint density at radius 3 is 2.57 bits per heavy atom. The van der Waals surface area contributed by atoms with Crippen LogP contribution in [0.2, 0.25) is 10.0 Å². The highest BCUT2D eigenvalue weighted by Crippen LogP contribution is 2.48. The fourth-order valence-corrected chi connectivity index (χ4v) is 3.93. The molecule has 1 atom stereocenters. The van der Waals surface area contributed by atoms with Crippen molar-refractivity contribution in [2.75, 3.05) is 0 Å². The summed E-state index contributed by atoms with van der Waals surface area (Å²) in [5, 5.41) is 16.5. The molecule has 1 aliphatic rings. The summed E-state index contributed by atoms with van der Waals surface area (Å²) in [5.74, 6) is 0. The zero-order valence-electron chi connectivity index (χ0n) is 13.3. The van der Waals surface area contributed by atoms with Crippen LogP contribution in [0.25, 0.3) is 0 Å². The Morgan fingerprint density at radius 2 is 2.04 bits per heavy atom. The van der Waals surface area contributed by atoms with Gasteiger partial charge in [0.05, 0.1) is 21.7 Å². The minimum absolute atomic E-state index is 0.330. The molecular weight excluding hydrogens is 333 g/mol. The molecule has 0 spiro atoms. The average Bonchev–Trinajstić information content (AvgIpc) is 2.96. The lowest BCUT2D eigenvalue weighted by Crippen LogP contribution is -2.56. The van der Waals surface area contributed by atoms with Gasteiger partial charge in [-0.2, -0.15) is 5.10 Å². The van der Waals surface area contributed by atoms with Crippen molar-refractivity contribution in [1.82, 2.24) is 14.8 Å². The number of nitrogens with zero attached hydrogens (tertiary/aromatic N) is 3. The van der Waals surface area contributed by atoms with Gasteiger partial charge in [0.1, 0.15) is 12.7 Å². The molecular formula is C17H21Cl2N3O. The third kappa shape index (κ3) is 3.00. The molecule has 1 heterocycles. The molecule has 0 radical (unpaired) electrons. The Kier molecular flexibility index (Phi) is 4.43. The van der Waals surface area contributed by atoms with Gasteiger partial charge in [0.25, 0.3) is 0 Å². The molecule has 0 aliphatic heterocycles.